The number of amidine groups is 1. The molecule has 0 rings (SSSR count). The van der Waals surface area contributed by atoms with Crippen LogP contribution >= 0.6 is 0 Å². The number of carbonyl (C=O) groups is 1. The van der Waals surface area contributed by atoms with Gasteiger partial charge in [0.25, 0.3) is 0 Å². The Morgan fingerprint density at radius 1 is 1.60 bits per heavy atom. The molecule has 2 N–H and O–H groups in total. The molecule has 0 aliphatic heterocycles. The van der Waals surface area contributed by atoms with Crippen LogP contribution in [-0.4, -0.2) is 36.2 Å². The van der Waals surface area contributed by atoms with E-state index in [-0.39, 0.29) is 11.4 Å². The van der Waals surface area contributed by atoms with Crippen LogP contribution in [0.2, 0.25) is 0 Å². The molecule has 0 aromatic carbocycles. The topological polar surface area (TPSA) is 64.4 Å². The van der Waals surface area contributed by atoms with Crippen LogP contribution in [0, 0.1) is 5.41 Å². The molecule has 0 amide bonds. The molecule has 56 valence electrons. The summed E-state index contributed by atoms with van der Waals surface area (Å²) < 4.78 is 0. The zero-order chi connectivity index (χ0) is 8.15. The average Bonchev–Trinajstić information content (AvgIpc) is 1.90. The fourth-order valence-corrected chi connectivity index (χ4v) is 0.406. The van der Waals surface area contributed by atoms with Crippen molar-refractivity contribution in [3.63, 3.8) is 0 Å². The van der Waals surface area contributed by atoms with Gasteiger partial charge in [0.05, 0.1) is 11.8 Å². The first-order chi connectivity index (χ1) is 4.63. The normalized spacial score (nSPS) is 10.8. The molecule has 4 heteroatoms. The van der Waals surface area contributed by atoms with Gasteiger partial charge in [0.15, 0.2) is 6.29 Å². The fourth-order valence-electron chi connectivity index (χ4n) is 0.406. The average molecular weight is 142 g/mol. The summed E-state index contributed by atoms with van der Waals surface area (Å²) in [7, 11) is 3.24. The molecule has 0 aromatic heterocycles. The second-order valence-electron chi connectivity index (χ2n) is 1.95. The van der Waals surface area contributed by atoms with E-state index in [0.29, 0.717) is 12.5 Å². The molecule has 0 atom stereocenters. The minimum absolute atomic E-state index is 0.00231. The van der Waals surface area contributed by atoms with Crippen molar-refractivity contribution in [1.29, 1.82) is 5.41 Å². The van der Waals surface area contributed by atoms with Gasteiger partial charge in [-0.1, -0.05) is 0 Å². The summed E-state index contributed by atoms with van der Waals surface area (Å²) >= 11 is 0. The molecule has 0 aromatic rings. The van der Waals surface area contributed by atoms with Crippen LogP contribution in [0.3, 0.4) is 0 Å². The molecule has 0 saturated carbocycles. The third-order valence-corrected chi connectivity index (χ3v) is 0.987. The summed E-state index contributed by atoms with van der Waals surface area (Å²) in [6.45, 7) is 0. The zero-order valence-electron chi connectivity index (χ0n) is 5.96. The molecular formula is C6H10N2O2. The van der Waals surface area contributed by atoms with Crippen LogP contribution in [0.5, 0.6) is 0 Å². The van der Waals surface area contributed by atoms with Crippen LogP contribution < -0.4 is 0 Å². The first-order valence-corrected chi connectivity index (χ1v) is 2.69. The molecule has 0 saturated heterocycles. The third kappa shape index (κ3) is 1.89. The summed E-state index contributed by atoms with van der Waals surface area (Å²) in [5, 5.41) is 15.6. The van der Waals surface area contributed by atoms with Crippen molar-refractivity contribution >= 4 is 12.1 Å². The van der Waals surface area contributed by atoms with Gasteiger partial charge in [0, 0.05) is 14.1 Å². The highest BCUT2D eigenvalue weighted by molar-refractivity contribution is 6.11. The minimum atomic E-state index is -0.0231. The first kappa shape index (κ1) is 8.68. The lowest BCUT2D eigenvalue weighted by Crippen LogP contribution is -2.23. The molecule has 4 nitrogen and oxygen atoms in total. The van der Waals surface area contributed by atoms with Gasteiger partial charge in [-0.2, -0.15) is 0 Å². The maximum absolute atomic E-state index is 10.1. The number of aliphatic hydroxyl groups excluding tert-OH is 1. The van der Waals surface area contributed by atoms with Crippen LogP contribution in [0.15, 0.2) is 11.8 Å². The molecule has 0 unspecified atom stereocenters. The van der Waals surface area contributed by atoms with Crippen molar-refractivity contribution < 1.29 is 9.90 Å². The molecule has 0 fully saturated rings. The molecule has 0 radical (unpaired) electrons. The monoisotopic (exact) mass is 142 g/mol. The standard InChI is InChI=1S/C6H10N2O2/c1-8(2)6(7)5(3-9)4-10/h3-4,7,9H,1-2H3/b5-3-,7-6?. The lowest BCUT2D eigenvalue weighted by Gasteiger charge is -2.11. The maximum atomic E-state index is 10.1. The molecular weight excluding hydrogens is 132 g/mol. The van der Waals surface area contributed by atoms with Gasteiger partial charge in [0.1, 0.15) is 5.84 Å². The Bertz CT molecular complexity index is 173. The van der Waals surface area contributed by atoms with E-state index in [1.165, 1.54) is 4.90 Å². The predicted molar refractivity (Wildman–Crippen MR) is 38.2 cm³/mol. The van der Waals surface area contributed by atoms with Gasteiger partial charge in [-0.3, -0.25) is 10.2 Å². The molecule has 0 bridgehead atoms. The summed E-state index contributed by atoms with van der Waals surface area (Å²) in [4.78, 5) is 11.5. The number of hydrogen-bond acceptors (Lipinski definition) is 3. The quantitative estimate of drug-likeness (QED) is 0.190. The maximum Gasteiger partial charge on any atom is 0.156 e. The van der Waals surface area contributed by atoms with Gasteiger partial charge >= 0.3 is 0 Å². The van der Waals surface area contributed by atoms with Crippen LogP contribution in [0.25, 0.3) is 0 Å². The lowest BCUT2D eigenvalue weighted by atomic mass is 10.3. The van der Waals surface area contributed by atoms with Crippen molar-refractivity contribution in [3.8, 4) is 0 Å². The van der Waals surface area contributed by atoms with Crippen molar-refractivity contribution in [2.75, 3.05) is 14.1 Å². The second kappa shape index (κ2) is 3.66. The van der Waals surface area contributed by atoms with Crippen molar-refractivity contribution in [1.82, 2.24) is 4.90 Å². The smallest absolute Gasteiger partial charge is 0.156 e. The molecule has 0 aliphatic rings. The highest BCUT2D eigenvalue weighted by Gasteiger charge is 2.04. The Hall–Kier alpha value is -1.32. The van der Waals surface area contributed by atoms with Crippen molar-refractivity contribution in [2.24, 2.45) is 0 Å². The van der Waals surface area contributed by atoms with Crippen LogP contribution in [-0.2, 0) is 4.79 Å². The van der Waals surface area contributed by atoms with Crippen LogP contribution in [0.4, 0.5) is 0 Å². The minimum Gasteiger partial charge on any atom is -0.515 e. The number of hydrogen-bond donors (Lipinski definition) is 2. The van der Waals surface area contributed by atoms with E-state index in [9.17, 15) is 4.79 Å². The number of rotatable bonds is 2. The fraction of sp³-hybridized carbons (Fsp3) is 0.333. The van der Waals surface area contributed by atoms with E-state index in [2.05, 4.69) is 0 Å². The predicted octanol–water partition coefficient (Wildman–Crippen LogP) is 0.166. The Balaban J connectivity index is 4.32. The molecule has 0 aliphatic carbocycles. The van der Waals surface area contributed by atoms with Crippen molar-refractivity contribution in [3.05, 3.63) is 11.8 Å². The van der Waals surface area contributed by atoms with Crippen LogP contribution in [0.1, 0.15) is 0 Å². The highest BCUT2D eigenvalue weighted by Crippen LogP contribution is 1.92. The molecule has 0 heterocycles. The van der Waals surface area contributed by atoms with Gasteiger partial charge in [0.2, 0.25) is 0 Å². The van der Waals surface area contributed by atoms with E-state index in [1.54, 1.807) is 14.1 Å². The molecule has 10 heavy (non-hydrogen) atoms. The van der Waals surface area contributed by atoms with E-state index in [1.807, 2.05) is 0 Å². The largest absolute Gasteiger partial charge is 0.515 e. The number of carbonyl (C=O) groups excluding carboxylic acids is 1. The number of nitrogens with zero attached hydrogens (tertiary/aromatic N) is 1. The van der Waals surface area contributed by atoms with Crippen molar-refractivity contribution in [2.45, 2.75) is 0 Å². The summed E-state index contributed by atoms with van der Waals surface area (Å²) in [5.74, 6) is -0.00231. The van der Waals surface area contributed by atoms with E-state index < -0.39 is 0 Å². The van der Waals surface area contributed by atoms with Gasteiger partial charge < -0.3 is 10.0 Å². The van der Waals surface area contributed by atoms with E-state index in [0.717, 1.165) is 0 Å². The third-order valence-electron chi connectivity index (χ3n) is 0.987. The SMILES string of the molecule is CN(C)C(=N)/C(C=O)=C\O. The highest BCUT2D eigenvalue weighted by atomic mass is 16.2. The van der Waals surface area contributed by atoms with Gasteiger partial charge in [-0.05, 0) is 0 Å². The number of aldehydes is 1. The Morgan fingerprint density at radius 2 is 2.10 bits per heavy atom. The Morgan fingerprint density at radius 3 is 2.20 bits per heavy atom. The zero-order valence-corrected chi connectivity index (χ0v) is 5.96. The number of likely N-dealkylation sites (N-methyl/N-ethyl adjacent to an activating group) is 1. The lowest BCUT2D eigenvalue weighted by molar-refractivity contribution is -0.104. The molecule has 0 spiro atoms. The second-order valence-corrected chi connectivity index (χ2v) is 1.95. The summed E-state index contributed by atoms with van der Waals surface area (Å²) in [5.41, 5.74) is -0.0231. The number of nitrogens with one attached hydrogen (secondary N) is 1. The first-order valence-electron chi connectivity index (χ1n) is 2.69. The van der Waals surface area contributed by atoms with Gasteiger partial charge in [-0.15, -0.1) is 0 Å². The van der Waals surface area contributed by atoms with Gasteiger partial charge in [-0.25, -0.2) is 0 Å². The Labute approximate surface area is 59.3 Å². The summed E-state index contributed by atoms with van der Waals surface area (Å²) in [6.07, 6.45) is 1.05. The van der Waals surface area contributed by atoms with E-state index in [4.69, 9.17) is 10.5 Å². The Kier molecular flexibility index (Phi) is 3.17. The number of aliphatic hydroxyl groups is 1. The summed E-state index contributed by atoms with van der Waals surface area (Å²) in [6, 6.07) is 0. The van der Waals surface area contributed by atoms with E-state index >= 15 is 0 Å².